The fourth-order valence-electron chi connectivity index (χ4n) is 2.89. The Morgan fingerprint density at radius 3 is 2.37 bits per heavy atom. The van der Waals surface area contributed by atoms with E-state index in [9.17, 15) is 14.4 Å². The summed E-state index contributed by atoms with van der Waals surface area (Å²) < 4.78 is 5.71. The zero-order chi connectivity index (χ0) is 19.2. The maximum absolute atomic E-state index is 12.3. The first-order chi connectivity index (χ1) is 13.0. The van der Waals surface area contributed by atoms with Crippen molar-refractivity contribution in [3.8, 4) is 11.5 Å². The lowest BCUT2D eigenvalue weighted by atomic mass is 10.2. The molecule has 140 valence electrons. The van der Waals surface area contributed by atoms with E-state index >= 15 is 0 Å². The van der Waals surface area contributed by atoms with Crippen molar-refractivity contribution >= 4 is 23.4 Å². The highest BCUT2D eigenvalue weighted by Gasteiger charge is 2.35. The number of nitrogens with zero attached hydrogens (tertiary/aromatic N) is 1. The summed E-state index contributed by atoms with van der Waals surface area (Å²) in [6.45, 7) is 2.37. The number of anilines is 1. The van der Waals surface area contributed by atoms with Crippen LogP contribution in [-0.2, 0) is 14.4 Å². The highest BCUT2D eigenvalue weighted by atomic mass is 16.5. The van der Waals surface area contributed by atoms with E-state index in [1.54, 1.807) is 29.2 Å². The van der Waals surface area contributed by atoms with Crippen LogP contribution < -0.4 is 15.4 Å². The van der Waals surface area contributed by atoms with Crippen molar-refractivity contribution < 1.29 is 19.1 Å². The summed E-state index contributed by atoms with van der Waals surface area (Å²) in [5, 5.41) is 5.06. The second kappa shape index (κ2) is 8.46. The van der Waals surface area contributed by atoms with Gasteiger partial charge in [0.1, 0.15) is 11.5 Å². The van der Waals surface area contributed by atoms with E-state index in [-0.39, 0.29) is 30.7 Å². The number of imide groups is 1. The van der Waals surface area contributed by atoms with Gasteiger partial charge in [0.05, 0.1) is 19.0 Å². The Morgan fingerprint density at radius 1 is 1.11 bits per heavy atom. The lowest BCUT2D eigenvalue weighted by Crippen LogP contribution is -2.44. The average Bonchev–Trinajstić information content (AvgIpc) is 3.00. The van der Waals surface area contributed by atoms with Crippen molar-refractivity contribution in [2.75, 3.05) is 18.4 Å². The first-order valence-corrected chi connectivity index (χ1v) is 8.75. The predicted molar refractivity (Wildman–Crippen MR) is 100 cm³/mol. The van der Waals surface area contributed by atoms with E-state index in [0.717, 1.165) is 5.75 Å². The molecule has 1 atom stereocenters. The Labute approximate surface area is 157 Å². The summed E-state index contributed by atoms with van der Waals surface area (Å²) in [6.07, 6.45) is 0.0888. The number of carbonyl (C=O) groups excluding carboxylic acids is 3. The molecule has 1 unspecified atom stereocenters. The monoisotopic (exact) mass is 367 g/mol. The van der Waals surface area contributed by atoms with Crippen LogP contribution in [0.2, 0.25) is 0 Å². The van der Waals surface area contributed by atoms with Gasteiger partial charge in [0, 0.05) is 5.69 Å². The number of amides is 3. The van der Waals surface area contributed by atoms with Gasteiger partial charge in [0.15, 0.2) is 0 Å². The van der Waals surface area contributed by atoms with Crippen molar-refractivity contribution in [1.29, 1.82) is 0 Å². The minimum atomic E-state index is -0.588. The van der Waals surface area contributed by atoms with Gasteiger partial charge in [-0.3, -0.25) is 24.6 Å². The number of nitrogens with one attached hydrogen (secondary N) is 2. The van der Waals surface area contributed by atoms with Crippen molar-refractivity contribution in [2.45, 2.75) is 19.4 Å². The topological polar surface area (TPSA) is 87.7 Å². The molecule has 7 heteroatoms. The Morgan fingerprint density at radius 2 is 1.78 bits per heavy atom. The van der Waals surface area contributed by atoms with Gasteiger partial charge in [0.25, 0.3) is 0 Å². The number of benzene rings is 2. The summed E-state index contributed by atoms with van der Waals surface area (Å²) in [4.78, 5) is 37.1. The quantitative estimate of drug-likeness (QED) is 0.732. The number of para-hydroxylation sites is 1. The van der Waals surface area contributed by atoms with Crippen LogP contribution in [0.25, 0.3) is 0 Å². The molecule has 3 amide bonds. The number of carbonyl (C=O) groups is 3. The Bertz CT molecular complexity index is 821. The van der Waals surface area contributed by atoms with Gasteiger partial charge in [-0.2, -0.15) is 0 Å². The van der Waals surface area contributed by atoms with Crippen molar-refractivity contribution in [3.63, 3.8) is 0 Å². The number of ether oxygens (including phenoxy) is 1. The summed E-state index contributed by atoms with van der Waals surface area (Å²) in [5.74, 6) is 0.489. The number of hydrogen-bond donors (Lipinski definition) is 2. The van der Waals surface area contributed by atoms with Crippen LogP contribution in [0.3, 0.4) is 0 Å². The summed E-state index contributed by atoms with van der Waals surface area (Å²) >= 11 is 0. The zero-order valence-corrected chi connectivity index (χ0v) is 15.0. The standard InChI is InChI=1S/C20H21N3O4/c1-2-23(17-12-18(24)22-20(17)26)13-19(25)21-14-8-10-16(11-9-14)27-15-6-4-3-5-7-15/h3-11,17H,2,12-13H2,1H3,(H,21,25)(H,22,24,26). The van der Waals surface area contributed by atoms with Gasteiger partial charge in [0.2, 0.25) is 17.7 Å². The largest absolute Gasteiger partial charge is 0.457 e. The van der Waals surface area contributed by atoms with Gasteiger partial charge in [-0.15, -0.1) is 0 Å². The molecular formula is C20H21N3O4. The third-order valence-corrected chi connectivity index (χ3v) is 4.25. The molecule has 1 fully saturated rings. The normalized spacial score (nSPS) is 16.3. The van der Waals surface area contributed by atoms with E-state index < -0.39 is 6.04 Å². The molecule has 2 N–H and O–H groups in total. The molecule has 0 bridgehead atoms. The maximum Gasteiger partial charge on any atom is 0.244 e. The third kappa shape index (κ3) is 4.92. The van der Waals surface area contributed by atoms with Crippen molar-refractivity contribution in [2.24, 2.45) is 0 Å². The van der Waals surface area contributed by atoms with E-state index in [1.807, 2.05) is 37.3 Å². The number of hydrogen-bond acceptors (Lipinski definition) is 5. The average molecular weight is 367 g/mol. The summed E-state index contributed by atoms with van der Waals surface area (Å²) in [7, 11) is 0. The molecule has 0 spiro atoms. The first-order valence-electron chi connectivity index (χ1n) is 8.75. The molecule has 7 nitrogen and oxygen atoms in total. The second-order valence-electron chi connectivity index (χ2n) is 6.18. The third-order valence-electron chi connectivity index (χ3n) is 4.25. The summed E-state index contributed by atoms with van der Waals surface area (Å²) in [6, 6.07) is 15.9. The second-order valence-corrected chi connectivity index (χ2v) is 6.18. The van der Waals surface area contributed by atoms with E-state index in [0.29, 0.717) is 18.0 Å². The Balaban J connectivity index is 1.55. The SMILES string of the molecule is CCN(CC(=O)Nc1ccc(Oc2ccccc2)cc1)C1CC(=O)NC1=O. The molecule has 0 aliphatic carbocycles. The fraction of sp³-hybridized carbons (Fsp3) is 0.250. The van der Waals surface area contributed by atoms with Crippen LogP contribution >= 0.6 is 0 Å². The molecule has 27 heavy (non-hydrogen) atoms. The maximum atomic E-state index is 12.3. The van der Waals surface area contributed by atoms with Gasteiger partial charge >= 0.3 is 0 Å². The van der Waals surface area contributed by atoms with Crippen LogP contribution in [0.1, 0.15) is 13.3 Å². The Hall–Kier alpha value is -3.19. The Kier molecular flexibility index (Phi) is 5.83. The number of likely N-dealkylation sites (N-methyl/N-ethyl adjacent to an activating group) is 1. The molecule has 0 radical (unpaired) electrons. The van der Waals surface area contributed by atoms with Gasteiger partial charge in [-0.25, -0.2) is 0 Å². The lowest BCUT2D eigenvalue weighted by molar-refractivity contribution is -0.126. The van der Waals surface area contributed by atoms with Crippen LogP contribution in [0, 0.1) is 0 Å². The molecule has 0 aromatic heterocycles. The molecule has 2 aromatic rings. The molecule has 1 saturated heterocycles. The van der Waals surface area contributed by atoms with E-state index in [4.69, 9.17) is 4.74 Å². The lowest BCUT2D eigenvalue weighted by Gasteiger charge is -2.24. The molecular weight excluding hydrogens is 346 g/mol. The van der Waals surface area contributed by atoms with Gasteiger partial charge < -0.3 is 10.1 Å². The van der Waals surface area contributed by atoms with Crippen LogP contribution in [0.4, 0.5) is 5.69 Å². The molecule has 2 aromatic carbocycles. The highest BCUT2D eigenvalue weighted by molar-refractivity contribution is 6.05. The van der Waals surface area contributed by atoms with Crippen LogP contribution in [0.5, 0.6) is 11.5 Å². The van der Waals surface area contributed by atoms with Gasteiger partial charge in [-0.1, -0.05) is 25.1 Å². The molecule has 1 aliphatic rings. The van der Waals surface area contributed by atoms with Crippen LogP contribution in [-0.4, -0.2) is 41.8 Å². The minimum absolute atomic E-state index is 0.0319. The fourth-order valence-corrected chi connectivity index (χ4v) is 2.89. The zero-order valence-electron chi connectivity index (χ0n) is 15.0. The van der Waals surface area contributed by atoms with Gasteiger partial charge in [-0.05, 0) is 42.9 Å². The van der Waals surface area contributed by atoms with Crippen molar-refractivity contribution in [3.05, 3.63) is 54.6 Å². The predicted octanol–water partition coefficient (Wildman–Crippen LogP) is 2.15. The van der Waals surface area contributed by atoms with E-state index in [1.165, 1.54) is 0 Å². The highest BCUT2D eigenvalue weighted by Crippen LogP contribution is 2.22. The summed E-state index contributed by atoms with van der Waals surface area (Å²) in [5.41, 5.74) is 0.628. The minimum Gasteiger partial charge on any atom is -0.457 e. The molecule has 1 aliphatic heterocycles. The molecule has 1 heterocycles. The van der Waals surface area contributed by atoms with Crippen molar-refractivity contribution in [1.82, 2.24) is 10.2 Å². The molecule has 3 rings (SSSR count). The van der Waals surface area contributed by atoms with Crippen LogP contribution in [0.15, 0.2) is 54.6 Å². The first kappa shape index (κ1) is 18.6. The molecule has 0 saturated carbocycles. The van der Waals surface area contributed by atoms with E-state index in [2.05, 4.69) is 10.6 Å². The smallest absolute Gasteiger partial charge is 0.244 e. The number of rotatable bonds is 7.